The van der Waals surface area contributed by atoms with Crippen LogP contribution in [0.15, 0.2) is 12.1 Å². The number of carbonyl (C=O) groups excluding carboxylic acids is 1. The molecule has 2 aliphatic heterocycles. The number of quaternary nitrogens is 1. The first-order chi connectivity index (χ1) is 10.6. The minimum atomic E-state index is 0. The van der Waals surface area contributed by atoms with E-state index >= 15 is 0 Å². The fourth-order valence-corrected chi connectivity index (χ4v) is 3.37. The molecule has 2 fully saturated rings. The van der Waals surface area contributed by atoms with Crippen LogP contribution < -0.4 is 22.2 Å². The number of likely N-dealkylation sites (N-methyl/N-ethyl adjacent to an activating group) is 1. The molecule has 2 aliphatic rings. The molecule has 1 aromatic rings. The fraction of sp³-hybridized carbons (Fsp3) is 0.625. The molecule has 3 heterocycles. The summed E-state index contributed by atoms with van der Waals surface area (Å²) in [5.41, 5.74) is 0.670. The maximum absolute atomic E-state index is 12.7. The van der Waals surface area contributed by atoms with Gasteiger partial charge in [-0.1, -0.05) is 11.6 Å². The highest BCUT2D eigenvalue weighted by atomic mass is 35.5. The Hall–Kier alpha value is -1.04. The predicted octanol–water partition coefficient (Wildman–Crippen LogP) is -2.30. The van der Waals surface area contributed by atoms with E-state index in [4.69, 9.17) is 11.6 Å². The summed E-state index contributed by atoms with van der Waals surface area (Å²) in [6.07, 6.45) is 3.41. The quantitative estimate of drug-likeness (QED) is 0.604. The van der Waals surface area contributed by atoms with Gasteiger partial charge in [-0.05, 0) is 31.4 Å². The molecule has 128 valence electrons. The molecule has 0 spiro atoms. The summed E-state index contributed by atoms with van der Waals surface area (Å²) < 4.78 is 0. The van der Waals surface area contributed by atoms with Crippen LogP contribution in [-0.4, -0.2) is 62.1 Å². The van der Waals surface area contributed by atoms with Crippen LogP contribution in [0.2, 0.25) is 5.15 Å². The van der Waals surface area contributed by atoms with Crippen LogP contribution in [0.3, 0.4) is 0 Å². The number of nitrogens with zero attached hydrogens (tertiary/aromatic N) is 3. The lowest BCUT2D eigenvalue weighted by Crippen LogP contribution is -3.12. The number of pyridine rings is 1. The SMILES string of the molecule is C[NH+]1CCN(c2cc(C(=O)N3CCCCC3)cc(Cl)n2)CC1.[Cl-]. The van der Waals surface area contributed by atoms with Crippen molar-refractivity contribution in [3.8, 4) is 0 Å². The standard InChI is InChI=1S/C16H23ClN4O.ClH/c1-19-7-9-20(10-8-19)15-12-13(11-14(17)18-15)16(22)21-5-3-2-4-6-21;/h11-12H,2-10H2,1H3;1H. The van der Waals surface area contributed by atoms with E-state index in [9.17, 15) is 4.79 Å². The van der Waals surface area contributed by atoms with E-state index < -0.39 is 0 Å². The number of likely N-dealkylation sites (tertiary alicyclic amines) is 1. The number of piperidine rings is 1. The molecule has 1 amide bonds. The van der Waals surface area contributed by atoms with Gasteiger partial charge < -0.3 is 27.1 Å². The fourth-order valence-electron chi connectivity index (χ4n) is 3.17. The number of halogens is 2. The maximum atomic E-state index is 12.7. The van der Waals surface area contributed by atoms with Crippen molar-refractivity contribution in [2.75, 3.05) is 51.2 Å². The average molecular weight is 359 g/mol. The molecule has 0 atom stereocenters. The van der Waals surface area contributed by atoms with Crippen LogP contribution >= 0.6 is 11.6 Å². The first-order valence-electron chi connectivity index (χ1n) is 8.16. The number of nitrogens with one attached hydrogen (secondary N) is 1. The van der Waals surface area contributed by atoms with Crippen LogP contribution in [0, 0.1) is 0 Å². The van der Waals surface area contributed by atoms with Crippen molar-refractivity contribution in [3.05, 3.63) is 22.8 Å². The van der Waals surface area contributed by atoms with E-state index in [-0.39, 0.29) is 18.3 Å². The van der Waals surface area contributed by atoms with E-state index in [1.165, 1.54) is 11.3 Å². The van der Waals surface area contributed by atoms with E-state index in [0.29, 0.717) is 10.7 Å². The second kappa shape index (κ2) is 8.18. The maximum Gasteiger partial charge on any atom is 0.254 e. The molecule has 2 saturated heterocycles. The molecule has 0 unspecified atom stereocenters. The molecule has 0 aliphatic carbocycles. The van der Waals surface area contributed by atoms with Crippen molar-refractivity contribution in [2.45, 2.75) is 19.3 Å². The lowest BCUT2D eigenvalue weighted by atomic mass is 10.1. The van der Waals surface area contributed by atoms with Crippen LogP contribution in [-0.2, 0) is 0 Å². The van der Waals surface area contributed by atoms with E-state index in [1.807, 2.05) is 11.0 Å². The van der Waals surface area contributed by atoms with Gasteiger partial charge >= 0.3 is 0 Å². The number of aromatic nitrogens is 1. The summed E-state index contributed by atoms with van der Waals surface area (Å²) in [6, 6.07) is 3.60. The van der Waals surface area contributed by atoms with Crippen LogP contribution in [0.5, 0.6) is 0 Å². The highest BCUT2D eigenvalue weighted by Gasteiger charge is 2.22. The minimum Gasteiger partial charge on any atom is -1.00 e. The minimum absolute atomic E-state index is 0. The zero-order valence-corrected chi connectivity index (χ0v) is 15.0. The van der Waals surface area contributed by atoms with Crippen molar-refractivity contribution in [2.24, 2.45) is 0 Å². The third-order valence-electron chi connectivity index (χ3n) is 4.61. The Balaban J connectivity index is 0.00000192. The van der Waals surface area contributed by atoms with Gasteiger partial charge in [-0.25, -0.2) is 4.98 Å². The predicted molar refractivity (Wildman–Crippen MR) is 87.8 cm³/mol. The Kier molecular flexibility index (Phi) is 6.50. The van der Waals surface area contributed by atoms with Crippen LogP contribution in [0.4, 0.5) is 5.82 Å². The second-order valence-electron chi connectivity index (χ2n) is 6.33. The van der Waals surface area contributed by atoms with Gasteiger partial charge in [-0.3, -0.25) is 4.79 Å². The van der Waals surface area contributed by atoms with Crippen molar-refractivity contribution >= 4 is 23.3 Å². The number of amides is 1. The van der Waals surface area contributed by atoms with Gasteiger partial charge in [0.05, 0.1) is 33.2 Å². The third-order valence-corrected chi connectivity index (χ3v) is 4.81. The number of rotatable bonds is 2. The number of piperazine rings is 1. The van der Waals surface area contributed by atoms with Gasteiger partial charge in [0, 0.05) is 18.7 Å². The monoisotopic (exact) mass is 358 g/mol. The van der Waals surface area contributed by atoms with Crippen molar-refractivity contribution in [1.29, 1.82) is 0 Å². The summed E-state index contributed by atoms with van der Waals surface area (Å²) >= 11 is 6.17. The molecule has 1 aromatic heterocycles. The first-order valence-corrected chi connectivity index (χ1v) is 8.54. The topological polar surface area (TPSA) is 40.9 Å². The molecule has 7 heteroatoms. The Morgan fingerprint density at radius 2 is 1.78 bits per heavy atom. The molecule has 23 heavy (non-hydrogen) atoms. The number of hydrogen-bond donors (Lipinski definition) is 1. The molecule has 0 bridgehead atoms. The zero-order valence-electron chi connectivity index (χ0n) is 13.5. The summed E-state index contributed by atoms with van der Waals surface area (Å²) in [4.78, 5) is 22.8. The van der Waals surface area contributed by atoms with E-state index in [0.717, 1.165) is 57.9 Å². The van der Waals surface area contributed by atoms with Gasteiger partial charge in [0.15, 0.2) is 0 Å². The highest BCUT2D eigenvalue weighted by Crippen LogP contribution is 2.21. The van der Waals surface area contributed by atoms with Crippen molar-refractivity contribution < 1.29 is 22.1 Å². The Morgan fingerprint density at radius 3 is 2.43 bits per heavy atom. The van der Waals surface area contributed by atoms with Crippen LogP contribution in [0.1, 0.15) is 29.6 Å². The molecule has 0 aromatic carbocycles. The molecule has 3 rings (SSSR count). The van der Waals surface area contributed by atoms with Gasteiger partial charge in [-0.15, -0.1) is 0 Å². The van der Waals surface area contributed by atoms with Gasteiger partial charge in [0.2, 0.25) is 0 Å². The summed E-state index contributed by atoms with van der Waals surface area (Å²) in [5.74, 6) is 0.922. The lowest BCUT2D eigenvalue weighted by Gasteiger charge is -2.31. The van der Waals surface area contributed by atoms with Crippen LogP contribution in [0.25, 0.3) is 0 Å². The Morgan fingerprint density at radius 1 is 1.13 bits per heavy atom. The molecule has 1 N–H and O–H groups in total. The zero-order chi connectivity index (χ0) is 15.5. The number of anilines is 1. The average Bonchev–Trinajstić information content (AvgIpc) is 2.55. The van der Waals surface area contributed by atoms with Gasteiger partial charge in [-0.2, -0.15) is 0 Å². The molecule has 0 radical (unpaired) electrons. The third kappa shape index (κ3) is 4.49. The largest absolute Gasteiger partial charge is 1.00 e. The highest BCUT2D eigenvalue weighted by molar-refractivity contribution is 6.29. The van der Waals surface area contributed by atoms with Crippen molar-refractivity contribution in [1.82, 2.24) is 9.88 Å². The summed E-state index contributed by atoms with van der Waals surface area (Å²) in [7, 11) is 2.20. The van der Waals surface area contributed by atoms with E-state index in [1.54, 1.807) is 6.07 Å². The normalized spacial score (nSPS) is 19.4. The Labute approximate surface area is 149 Å². The number of carbonyl (C=O) groups is 1. The smallest absolute Gasteiger partial charge is 0.254 e. The Bertz CT molecular complexity index is 541. The lowest BCUT2D eigenvalue weighted by molar-refractivity contribution is -0.880. The summed E-state index contributed by atoms with van der Waals surface area (Å²) in [5, 5.41) is 0.407. The van der Waals surface area contributed by atoms with Gasteiger partial charge in [0.1, 0.15) is 11.0 Å². The molecular formula is C16H24Cl2N4O. The van der Waals surface area contributed by atoms with Crippen molar-refractivity contribution in [3.63, 3.8) is 0 Å². The van der Waals surface area contributed by atoms with Gasteiger partial charge in [0.25, 0.3) is 5.91 Å². The summed E-state index contributed by atoms with van der Waals surface area (Å²) in [6.45, 7) is 5.79. The molecule has 0 saturated carbocycles. The number of hydrogen-bond acceptors (Lipinski definition) is 3. The molecular weight excluding hydrogens is 335 g/mol. The first kappa shape index (κ1) is 18.3. The molecule has 5 nitrogen and oxygen atoms in total. The second-order valence-corrected chi connectivity index (χ2v) is 6.72. The van der Waals surface area contributed by atoms with E-state index in [2.05, 4.69) is 16.9 Å².